The van der Waals surface area contributed by atoms with Crippen LogP contribution in [0.25, 0.3) is 0 Å². The quantitative estimate of drug-likeness (QED) is 0.729. The molecule has 2 saturated carbocycles. The minimum atomic E-state index is 0.332. The van der Waals surface area contributed by atoms with Crippen LogP contribution < -0.4 is 5.32 Å². The molecule has 2 aliphatic rings. The molecule has 0 amide bonds. The van der Waals surface area contributed by atoms with E-state index in [0.717, 1.165) is 5.92 Å². The largest absolute Gasteiger partial charge is 0.381 e. The molecule has 0 spiro atoms. The van der Waals surface area contributed by atoms with Gasteiger partial charge in [0.2, 0.25) is 0 Å². The summed E-state index contributed by atoms with van der Waals surface area (Å²) >= 11 is 0. The van der Waals surface area contributed by atoms with E-state index in [-0.39, 0.29) is 0 Å². The van der Waals surface area contributed by atoms with E-state index in [9.17, 15) is 0 Å². The third-order valence-corrected chi connectivity index (χ3v) is 4.10. The van der Waals surface area contributed by atoms with Gasteiger partial charge in [-0.1, -0.05) is 26.7 Å². The molecular weight excluding hydrogens is 174 g/mol. The molecular formula is C12H23NO. The summed E-state index contributed by atoms with van der Waals surface area (Å²) in [6, 6.07) is 0.672. The average molecular weight is 197 g/mol. The number of hydrogen-bond donors (Lipinski definition) is 1. The Balaban J connectivity index is 1.66. The number of nitrogens with one attached hydrogen (secondary N) is 1. The van der Waals surface area contributed by atoms with E-state index in [2.05, 4.69) is 19.2 Å². The first-order valence-corrected chi connectivity index (χ1v) is 5.90. The van der Waals surface area contributed by atoms with Gasteiger partial charge in [0.15, 0.2) is 0 Å². The lowest BCUT2D eigenvalue weighted by molar-refractivity contribution is -0.0973. The lowest BCUT2D eigenvalue weighted by Gasteiger charge is -2.51. The fourth-order valence-corrected chi connectivity index (χ4v) is 2.50. The standard InChI is InChI=1S/C12H23NO/c1-12(2)10(8-11(12)14-3)13-7-6-9-4-5-9/h9-11,13H,4-8H2,1-3H3. The summed E-state index contributed by atoms with van der Waals surface area (Å²) in [6.07, 6.45) is 5.96. The fraction of sp³-hybridized carbons (Fsp3) is 1.00. The van der Waals surface area contributed by atoms with Crippen molar-refractivity contribution in [3.63, 3.8) is 0 Å². The normalized spacial score (nSPS) is 35.4. The number of methoxy groups -OCH3 is 1. The van der Waals surface area contributed by atoms with Gasteiger partial charge >= 0.3 is 0 Å². The smallest absolute Gasteiger partial charge is 0.0652 e. The predicted octanol–water partition coefficient (Wildman–Crippen LogP) is 2.19. The van der Waals surface area contributed by atoms with Crippen LogP contribution in [0.2, 0.25) is 0 Å². The summed E-state index contributed by atoms with van der Waals surface area (Å²) in [6.45, 7) is 5.81. The Hall–Kier alpha value is -0.0800. The van der Waals surface area contributed by atoms with Crippen molar-refractivity contribution in [3.05, 3.63) is 0 Å². The molecule has 0 aromatic carbocycles. The highest BCUT2D eigenvalue weighted by atomic mass is 16.5. The molecule has 2 fully saturated rings. The van der Waals surface area contributed by atoms with Gasteiger partial charge in [-0.05, 0) is 25.3 Å². The summed E-state index contributed by atoms with van der Waals surface area (Å²) in [5.74, 6) is 1.05. The maximum absolute atomic E-state index is 5.43. The molecule has 1 N–H and O–H groups in total. The van der Waals surface area contributed by atoms with Crippen LogP contribution >= 0.6 is 0 Å². The van der Waals surface area contributed by atoms with E-state index in [1.54, 1.807) is 0 Å². The highest BCUT2D eigenvalue weighted by molar-refractivity contribution is 5.02. The molecule has 82 valence electrons. The Bertz CT molecular complexity index is 198. The molecule has 2 unspecified atom stereocenters. The highest BCUT2D eigenvalue weighted by Gasteiger charge is 2.48. The van der Waals surface area contributed by atoms with E-state index < -0.39 is 0 Å². The molecule has 0 aromatic rings. The van der Waals surface area contributed by atoms with Gasteiger partial charge in [-0.25, -0.2) is 0 Å². The monoisotopic (exact) mass is 197 g/mol. The molecule has 0 heterocycles. The summed E-state index contributed by atoms with van der Waals surface area (Å²) in [4.78, 5) is 0. The lowest BCUT2D eigenvalue weighted by atomic mass is 9.64. The van der Waals surface area contributed by atoms with Gasteiger partial charge < -0.3 is 10.1 Å². The van der Waals surface area contributed by atoms with Gasteiger partial charge in [-0.15, -0.1) is 0 Å². The summed E-state index contributed by atoms with van der Waals surface area (Å²) in [7, 11) is 1.83. The van der Waals surface area contributed by atoms with E-state index in [1.165, 1.54) is 32.2 Å². The number of ether oxygens (including phenoxy) is 1. The topological polar surface area (TPSA) is 21.3 Å². The molecule has 0 aromatic heterocycles. The third kappa shape index (κ3) is 1.96. The van der Waals surface area contributed by atoms with Crippen molar-refractivity contribution in [1.82, 2.24) is 5.32 Å². The van der Waals surface area contributed by atoms with E-state index >= 15 is 0 Å². The lowest BCUT2D eigenvalue weighted by Crippen LogP contribution is -2.60. The van der Waals surface area contributed by atoms with Crippen LogP contribution in [0.5, 0.6) is 0 Å². The Morgan fingerprint density at radius 2 is 2.07 bits per heavy atom. The average Bonchev–Trinajstić information content (AvgIpc) is 2.93. The van der Waals surface area contributed by atoms with Crippen molar-refractivity contribution in [2.75, 3.05) is 13.7 Å². The molecule has 14 heavy (non-hydrogen) atoms. The van der Waals surface area contributed by atoms with Crippen LogP contribution in [0.1, 0.15) is 39.5 Å². The second kappa shape index (κ2) is 3.82. The van der Waals surface area contributed by atoms with Gasteiger partial charge in [0.1, 0.15) is 0 Å². The number of hydrogen-bond acceptors (Lipinski definition) is 2. The van der Waals surface area contributed by atoms with Gasteiger partial charge in [0, 0.05) is 18.6 Å². The van der Waals surface area contributed by atoms with Gasteiger partial charge in [-0.2, -0.15) is 0 Å². The van der Waals surface area contributed by atoms with Crippen molar-refractivity contribution in [2.24, 2.45) is 11.3 Å². The van der Waals surface area contributed by atoms with Crippen molar-refractivity contribution in [2.45, 2.75) is 51.7 Å². The van der Waals surface area contributed by atoms with Crippen LogP contribution in [-0.2, 0) is 4.74 Å². The third-order valence-electron chi connectivity index (χ3n) is 4.10. The zero-order valence-electron chi connectivity index (χ0n) is 9.68. The van der Waals surface area contributed by atoms with Gasteiger partial charge in [0.05, 0.1) is 6.10 Å². The Labute approximate surface area is 87.4 Å². The Morgan fingerprint density at radius 3 is 2.57 bits per heavy atom. The van der Waals surface area contributed by atoms with Crippen LogP contribution in [0.15, 0.2) is 0 Å². The highest BCUT2D eigenvalue weighted by Crippen LogP contribution is 2.42. The molecule has 2 nitrogen and oxygen atoms in total. The van der Waals surface area contributed by atoms with E-state index in [1.807, 2.05) is 7.11 Å². The fourth-order valence-electron chi connectivity index (χ4n) is 2.50. The molecule has 0 saturated heterocycles. The molecule has 0 radical (unpaired) electrons. The summed E-state index contributed by atoms with van der Waals surface area (Å²) < 4.78 is 5.43. The minimum Gasteiger partial charge on any atom is -0.381 e. The maximum Gasteiger partial charge on any atom is 0.0652 e. The zero-order valence-corrected chi connectivity index (χ0v) is 9.68. The first kappa shape index (κ1) is 10.4. The number of rotatable bonds is 5. The molecule has 0 bridgehead atoms. The zero-order chi connectivity index (χ0) is 10.2. The molecule has 2 rings (SSSR count). The van der Waals surface area contributed by atoms with E-state index in [4.69, 9.17) is 4.74 Å². The van der Waals surface area contributed by atoms with Crippen molar-refractivity contribution >= 4 is 0 Å². The molecule has 2 atom stereocenters. The predicted molar refractivity (Wildman–Crippen MR) is 58.3 cm³/mol. The minimum absolute atomic E-state index is 0.332. The first-order valence-electron chi connectivity index (χ1n) is 5.90. The SMILES string of the molecule is COC1CC(NCCC2CC2)C1(C)C. The Morgan fingerprint density at radius 1 is 1.36 bits per heavy atom. The second-order valence-electron chi connectivity index (χ2n) is 5.52. The van der Waals surface area contributed by atoms with E-state index in [0.29, 0.717) is 17.6 Å². The van der Waals surface area contributed by atoms with Crippen LogP contribution in [0, 0.1) is 11.3 Å². The summed E-state index contributed by atoms with van der Waals surface area (Å²) in [5.41, 5.74) is 0.332. The second-order valence-corrected chi connectivity index (χ2v) is 5.52. The first-order chi connectivity index (χ1) is 6.64. The van der Waals surface area contributed by atoms with Crippen LogP contribution in [0.4, 0.5) is 0 Å². The van der Waals surface area contributed by atoms with Crippen molar-refractivity contribution in [3.8, 4) is 0 Å². The molecule has 2 heteroatoms. The van der Waals surface area contributed by atoms with Gasteiger partial charge in [-0.3, -0.25) is 0 Å². The van der Waals surface area contributed by atoms with Crippen LogP contribution in [0.3, 0.4) is 0 Å². The molecule has 0 aliphatic heterocycles. The van der Waals surface area contributed by atoms with Crippen molar-refractivity contribution in [1.29, 1.82) is 0 Å². The summed E-state index contributed by atoms with van der Waals surface area (Å²) in [5, 5.41) is 3.66. The van der Waals surface area contributed by atoms with Crippen molar-refractivity contribution < 1.29 is 4.74 Å². The van der Waals surface area contributed by atoms with Gasteiger partial charge in [0.25, 0.3) is 0 Å². The maximum atomic E-state index is 5.43. The van der Waals surface area contributed by atoms with Crippen LogP contribution in [-0.4, -0.2) is 25.8 Å². The molecule has 2 aliphatic carbocycles. The Kier molecular flexibility index (Phi) is 2.85.